The van der Waals surface area contributed by atoms with Crippen molar-refractivity contribution in [3.8, 4) is 0 Å². The van der Waals surface area contributed by atoms with Gasteiger partial charge in [0.2, 0.25) is 0 Å². The molecule has 1 aromatic carbocycles. The third kappa shape index (κ3) is 1.92. The number of rotatable bonds is 1. The number of aromatic nitrogens is 1. The molecule has 3 nitrogen and oxygen atoms in total. The topological polar surface area (TPSA) is 42.2 Å². The van der Waals surface area contributed by atoms with Crippen molar-refractivity contribution >= 4 is 11.4 Å². The fourth-order valence-corrected chi connectivity index (χ4v) is 2.46. The Morgan fingerprint density at radius 3 is 2.94 bits per heavy atom. The largest absolute Gasteiger partial charge is 0.399 e. The van der Waals surface area contributed by atoms with Crippen LogP contribution in [0.5, 0.6) is 0 Å². The van der Waals surface area contributed by atoms with E-state index in [9.17, 15) is 0 Å². The number of aryl methyl sites for hydroxylation is 1. The van der Waals surface area contributed by atoms with Crippen LogP contribution in [0.25, 0.3) is 0 Å². The molecule has 3 heteroatoms. The van der Waals surface area contributed by atoms with Crippen LogP contribution in [0.1, 0.15) is 16.7 Å². The lowest BCUT2D eigenvalue weighted by Crippen LogP contribution is -2.30. The molecule has 0 saturated heterocycles. The van der Waals surface area contributed by atoms with Crippen molar-refractivity contribution in [2.45, 2.75) is 19.9 Å². The van der Waals surface area contributed by atoms with E-state index in [-0.39, 0.29) is 0 Å². The normalized spacial score (nSPS) is 14.4. The smallest absolute Gasteiger partial charge is 0.0447 e. The molecular weight excluding hydrogens is 222 g/mol. The number of anilines is 2. The molecule has 1 aromatic heterocycles. The van der Waals surface area contributed by atoms with Crippen molar-refractivity contribution in [1.29, 1.82) is 0 Å². The maximum Gasteiger partial charge on any atom is 0.0447 e. The molecule has 0 bridgehead atoms. The van der Waals surface area contributed by atoms with Gasteiger partial charge in [0.1, 0.15) is 0 Å². The highest BCUT2D eigenvalue weighted by Gasteiger charge is 2.16. The maximum atomic E-state index is 5.87. The van der Waals surface area contributed by atoms with Gasteiger partial charge in [-0.15, -0.1) is 0 Å². The van der Waals surface area contributed by atoms with E-state index in [2.05, 4.69) is 35.0 Å². The molecule has 0 fully saturated rings. The summed E-state index contributed by atoms with van der Waals surface area (Å²) in [7, 11) is 0. The number of pyridine rings is 1. The van der Waals surface area contributed by atoms with Gasteiger partial charge in [0.25, 0.3) is 0 Å². The Kier molecular flexibility index (Phi) is 2.67. The fraction of sp³-hybridized carbons (Fsp3) is 0.267. The molecule has 2 heterocycles. The quantitative estimate of drug-likeness (QED) is 0.778. The summed E-state index contributed by atoms with van der Waals surface area (Å²) in [6.45, 7) is 4.05. The molecule has 2 N–H and O–H groups in total. The van der Waals surface area contributed by atoms with Crippen LogP contribution >= 0.6 is 0 Å². The summed E-state index contributed by atoms with van der Waals surface area (Å²) in [5, 5.41) is 0. The van der Waals surface area contributed by atoms with E-state index in [1.807, 2.05) is 18.5 Å². The second kappa shape index (κ2) is 4.33. The van der Waals surface area contributed by atoms with E-state index in [4.69, 9.17) is 5.73 Å². The van der Waals surface area contributed by atoms with Crippen molar-refractivity contribution < 1.29 is 0 Å². The number of nitrogens with two attached hydrogens (primary N) is 1. The summed E-state index contributed by atoms with van der Waals surface area (Å²) in [6, 6.07) is 8.38. The first-order chi connectivity index (χ1) is 8.74. The molecule has 1 aliphatic rings. The number of hydrogen-bond donors (Lipinski definition) is 1. The zero-order valence-electron chi connectivity index (χ0n) is 10.6. The standard InChI is InChI=1S/C15H17N3/c1-11-8-14(2-3-15(11)16)18-7-5-12-4-6-17-9-13(12)10-18/h2-4,6,8-9H,5,7,10,16H2,1H3. The van der Waals surface area contributed by atoms with Gasteiger partial charge >= 0.3 is 0 Å². The highest BCUT2D eigenvalue weighted by atomic mass is 15.1. The van der Waals surface area contributed by atoms with Gasteiger partial charge in [-0.05, 0) is 54.3 Å². The first-order valence-electron chi connectivity index (χ1n) is 6.27. The fourth-order valence-electron chi connectivity index (χ4n) is 2.46. The van der Waals surface area contributed by atoms with Crippen molar-refractivity contribution in [3.05, 3.63) is 53.3 Å². The van der Waals surface area contributed by atoms with Crippen LogP contribution in [0, 0.1) is 6.92 Å². The number of hydrogen-bond acceptors (Lipinski definition) is 3. The van der Waals surface area contributed by atoms with Crippen LogP contribution in [-0.2, 0) is 13.0 Å². The first kappa shape index (κ1) is 11.1. The molecule has 92 valence electrons. The minimum Gasteiger partial charge on any atom is -0.399 e. The SMILES string of the molecule is Cc1cc(N2CCc3ccncc3C2)ccc1N. The third-order valence-electron chi connectivity index (χ3n) is 3.64. The van der Waals surface area contributed by atoms with Gasteiger partial charge in [0.15, 0.2) is 0 Å². The van der Waals surface area contributed by atoms with Gasteiger partial charge in [0, 0.05) is 36.9 Å². The monoisotopic (exact) mass is 239 g/mol. The maximum absolute atomic E-state index is 5.87. The molecule has 0 unspecified atom stereocenters. The van der Waals surface area contributed by atoms with Crippen LogP contribution in [0.2, 0.25) is 0 Å². The van der Waals surface area contributed by atoms with Crippen molar-refractivity contribution in [2.24, 2.45) is 0 Å². The Labute approximate surface area is 107 Å². The predicted molar refractivity (Wildman–Crippen MR) is 74.6 cm³/mol. The first-order valence-corrected chi connectivity index (χ1v) is 6.27. The number of fused-ring (bicyclic) bond motifs is 1. The second-order valence-electron chi connectivity index (χ2n) is 4.86. The highest BCUT2D eigenvalue weighted by Crippen LogP contribution is 2.26. The molecular formula is C15H17N3. The molecule has 1 aliphatic heterocycles. The van der Waals surface area contributed by atoms with Crippen LogP contribution in [0.4, 0.5) is 11.4 Å². The van der Waals surface area contributed by atoms with Crippen molar-refractivity contribution in [1.82, 2.24) is 4.98 Å². The van der Waals surface area contributed by atoms with Gasteiger partial charge in [-0.3, -0.25) is 4.98 Å². The average molecular weight is 239 g/mol. The zero-order valence-corrected chi connectivity index (χ0v) is 10.6. The number of nitrogen functional groups attached to an aromatic ring is 1. The Balaban J connectivity index is 1.89. The Hall–Kier alpha value is -2.03. The lowest BCUT2D eigenvalue weighted by atomic mass is 10.0. The Bertz CT molecular complexity index is 578. The summed E-state index contributed by atoms with van der Waals surface area (Å²) < 4.78 is 0. The molecule has 0 amide bonds. The van der Waals surface area contributed by atoms with E-state index in [1.54, 1.807) is 0 Å². The molecule has 0 radical (unpaired) electrons. The summed E-state index contributed by atoms with van der Waals surface area (Å²) in [5.74, 6) is 0. The second-order valence-corrected chi connectivity index (χ2v) is 4.86. The molecule has 2 aromatic rings. The van der Waals surface area contributed by atoms with Gasteiger partial charge in [-0.25, -0.2) is 0 Å². The van der Waals surface area contributed by atoms with Gasteiger partial charge < -0.3 is 10.6 Å². The minimum absolute atomic E-state index is 0.859. The Morgan fingerprint density at radius 1 is 1.22 bits per heavy atom. The molecule has 0 aliphatic carbocycles. The van der Waals surface area contributed by atoms with E-state index in [1.165, 1.54) is 16.8 Å². The van der Waals surface area contributed by atoms with E-state index in [0.29, 0.717) is 0 Å². The van der Waals surface area contributed by atoms with Crippen LogP contribution in [-0.4, -0.2) is 11.5 Å². The van der Waals surface area contributed by atoms with Crippen LogP contribution in [0.15, 0.2) is 36.7 Å². The summed E-state index contributed by atoms with van der Waals surface area (Å²) in [4.78, 5) is 6.60. The summed E-state index contributed by atoms with van der Waals surface area (Å²) >= 11 is 0. The lowest BCUT2D eigenvalue weighted by Gasteiger charge is -2.30. The van der Waals surface area contributed by atoms with E-state index >= 15 is 0 Å². The lowest BCUT2D eigenvalue weighted by molar-refractivity contribution is 0.727. The van der Waals surface area contributed by atoms with Gasteiger partial charge in [0.05, 0.1) is 0 Å². The predicted octanol–water partition coefficient (Wildman–Crippen LogP) is 2.53. The zero-order chi connectivity index (χ0) is 12.5. The van der Waals surface area contributed by atoms with Crippen molar-refractivity contribution in [2.75, 3.05) is 17.2 Å². The van der Waals surface area contributed by atoms with Crippen LogP contribution < -0.4 is 10.6 Å². The highest BCUT2D eigenvalue weighted by molar-refractivity contribution is 5.58. The third-order valence-corrected chi connectivity index (χ3v) is 3.64. The van der Waals surface area contributed by atoms with Gasteiger partial charge in [-0.2, -0.15) is 0 Å². The number of nitrogens with zero attached hydrogens (tertiary/aromatic N) is 2. The summed E-state index contributed by atoms with van der Waals surface area (Å²) in [5.41, 5.74) is 11.9. The van der Waals surface area contributed by atoms with Gasteiger partial charge in [-0.1, -0.05) is 0 Å². The molecule has 0 atom stereocenters. The Morgan fingerprint density at radius 2 is 2.11 bits per heavy atom. The molecule has 3 rings (SSSR count). The molecule has 0 saturated carbocycles. The minimum atomic E-state index is 0.859. The van der Waals surface area contributed by atoms with Crippen LogP contribution in [0.3, 0.4) is 0 Å². The number of benzene rings is 1. The summed E-state index contributed by atoms with van der Waals surface area (Å²) in [6.07, 6.45) is 4.94. The van der Waals surface area contributed by atoms with Crippen molar-refractivity contribution in [3.63, 3.8) is 0 Å². The van der Waals surface area contributed by atoms with E-state index in [0.717, 1.165) is 30.8 Å². The molecule has 18 heavy (non-hydrogen) atoms. The van der Waals surface area contributed by atoms with E-state index < -0.39 is 0 Å². The molecule has 0 spiro atoms. The average Bonchev–Trinajstić information content (AvgIpc) is 2.41.